The molecule has 0 radical (unpaired) electrons. The molecule has 0 fully saturated rings. The van der Waals surface area contributed by atoms with E-state index >= 15 is 0 Å². The molecule has 2 rings (SSSR count). The van der Waals surface area contributed by atoms with E-state index in [-0.39, 0.29) is 50.2 Å². The van der Waals surface area contributed by atoms with Gasteiger partial charge in [-0.1, -0.05) is 38.1 Å². The fourth-order valence-electron chi connectivity index (χ4n) is 5.62. The lowest BCUT2D eigenvalue weighted by Crippen LogP contribution is -2.58. The van der Waals surface area contributed by atoms with Crippen molar-refractivity contribution in [2.24, 2.45) is 29.0 Å². The van der Waals surface area contributed by atoms with Gasteiger partial charge in [-0.25, -0.2) is 0 Å². The highest BCUT2D eigenvalue weighted by atomic mass is 16.4. The Bertz CT molecular complexity index is 1320. The number of aromatic hydroxyl groups is 1. The maximum atomic E-state index is 13.9. The predicted octanol–water partition coefficient (Wildman–Crippen LogP) is 0.645. The molecule has 0 aliphatic carbocycles. The summed E-state index contributed by atoms with van der Waals surface area (Å²) >= 11 is 0. The normalized spacial score (nSPS) is 21.7. The zero-order valence-corrected chi connectivity index (χ0v) is 29.1. The van der Waals surface area contributed by atoms with Crippen molar-refractivity contribution in [3.05, 3.63) is 42.0 Å². The summed E-state index contributed by atoms with van der Waals surface area (Å²) in [6, 6.07) is -0.00704. The van der Waals surface area contributed by atoms with Crippen molar-refractivity contribution in [1.29, 1.82) is 0 Å². The minimum Gasteiger partial charge on any atom is -0.508 e. The van der Waals surface area contributed by atoms with Gasteiger partial charge in [-0.15, -0.1) is 0 Å². The molecule has 0 bridgehead atoms. The number of hydrogen-bond acceptors (Lipinski definition) is 10. The van der Waals surface area contributed by atoms with E-state index in [1.807, 2.05) is 13.8 Å². The Morgan fingerprint density at radius 3 is 1.92 bits per heavy atom. The van der Waals surface area contributed by atoms with E-state index in [0.29, 0.717) is 44.3 Å². The fourth-order valence-corrected chi connectivity index (χ4v) is 5.62. The van der Waals surface area contributed by atoms with Crippen molar-refractivity contribution in [3.63, 3.8) is 0 Å². The monoisotopic (exact) mass is 701 g/mol. The number of carboxylic acid groups (broad SMARTS) is 1. The third-order valence-electron chi connectivity index (χ3n) is 8.45. The summed E-state index contributed by atoms with van der Waals surface area (Å²) in [5, 5.41) is 30.4. The number of amides is 4. The van der Waals surface area contributed by atoms with Gasteiger partial charge in [0, 0.05) is 6.42 Å². The molecule has 50 heavy (non-hydrogen) atoms. The molecular formula is C35H55N7O8. The molecule has 278 valence electrons. The number of ketones is 1. The molecule has 1 aromatic rings. The molecular weight excluding hydrogens is 646 g/mol. The summed E-state index contributed by atoms with van der Waals surface area (Å²) in [4.78, 5) is 79.6. The van der Waals surface area contributed by atoms with Crippen LogP contribution in [0.5, 0.6) is 5.75 Å². The molecule has 15 heteroatoms. The minimum absolute atomic E-state index is 0.00367. The smallest absolute Gasteiger partial charge is 0.306 e. The SMILES string of the molecule is CC(C)C[C@H](CC(=O)[C@@H](NC(=O)[C@@H]1CC=CC[C@H](N)C(=O)N[C@@H](CCCCN)C(=O)N[C@@H](CCCCN)C(=O)N1)c1ccc(O)cc1)C(=O)O. The quantitative estimate of drug-likeness (QED) is 0.0803. The van der Waals surface area contributed by atoms with Crippen LogP contribution in [0.25, 0.3) is 0 Å². The third kappa shape index (κ3) is 14.3. The molecule has 15 nitrogen and oxygen atoms in total. The first-order valence-electron chi connectivity index (χ1n) is 17.3. The number of Topliss-reactive ketones (excluding diaryl/α,β-unsaturated/α-hetero) is 1. The predicted molar refractivity (Wildman–Crippen MR) is 187 cm³/mol. The van der Waals surface area contributed by atoms with E-state index in [1.54, 1.807) is 12.2 Å². The number of aliphatic carboxylic acids is 1. The van der Waals surface area contributed by atoms with Crippen LogP contribution in [0.2, 0.25) is 0 Å². The molecule has 1 heterocycles. The van der Waals surface area contributed by atoms with Crippen molar-refractivity contribution in [2.75, 3.05) is 13.1 Å². The maximum Gasteiger partial charge on any atom is 0.306 e. The van der Waals surface area contributed by atoms with Gasteiger partial charge in [0.25, 0.3) is 0 Å². The van der Waals surface area contributed by atoms with E-state index in [4.69, 9.17) is 17.2 Å². The molecule has 1 aliphatic rings. The Kier molecular flexibility index (Phi) is 18.1. The van der Waals surface area contributed by atoms with Gasteiger partial charge in [0.1, 0.15) is 29.9 Å². The highest BCUT2D eigenvalue weighted by molar-refractivity contribution is 5.97. The van der Waals surface area contributed by atoms with Crippen molar-refractivity contribution in [2.45, 2.75) is 108 Å². The number of carbonyl (C=O) groups is 6. The van der Waals surface area contributed by atoms with Gasteiger partial charge < -0.3 is 48.7 Å². The highest BCUT2D eigenvalue weighted by Crippen LogP contribution is 2.24. The number of carbonyl (C=O) groups excluding carboxylic acids is 5. The van der Waals surface area contributed by atoms with E-state index in [0.717, 1.165) is 0 Å². The van der Waals surface area contributed by atoms with E-state index in [2.05, 4.69) is 21.3 Å². The standard InChI is InChI=1S/C35H55N7O8/c1-21(2)19-23(35(49)50)20-29(44)30(22-13-15-24(43)16-14-22)42-34(48)28-10-4-3-9-25(38)31(45)39-26(11-5-7-17-36)32(46)40-27(33(47)41-28)12-6-8-18-37/h3-4,13-16,21,23,25-28,30,43H,5-12,17-20,36-38H2,1-2H3,(H,39,45)(H,40,46)(H,41,47)(H,42,48)(H,49,50)/t23-,25+,26+,27+,28+,30+/m1/s1. The van der Waals surface area contributed by atoms with Gasteiger partial charge in [-0.2, -0.15) is 0 Å². The third-order valence-corrected chi connectivity index (χ3v) is 8.45. The summed E-state index contributed by atoms with van der Waals surface area (Å²) in [6.45, 7) is 4.45. The lowest BCUT2D eigenvalue weighted by molar-refractivity contribution is -0.144. The van der Waals surface area contributed by atoms with Crippen molar-refractivity contribution < 1.29 is 39.0 Å². The molecule has 1 aliphatic heterocycles. The lowest BCUT2D eigenvalue weighted by atomic mass is 9.89. The fraction of sp³-hybridized carbons (Fsp3) is 0.600. The summed E-state index contributed by atoms with van der Waals surface area (Å²) < 4.78 is 0. The summed E-state index contributed by atoms with van der Waals surface area (Å²) in [5.74, 6) is -5.31. The van der Waals surface area contributed by atoms with E-state index in [1.165, 1.54) is 24.3 Å². The first-order chi connectivity index (χ1) is 23.8. The van der Waals surface area contributed by atoms with Gasteiger partial charge in [0.05, 0.1) is 12.0 Å². The molecule has 0 aromatic heterocycles. The molecule has 0 spiro atoms. The van der Waals surface area contributed by atoms with Crippen LogP contribution < -0.4 is 38.5 Å². The summed E-state index contributed by atoms with van der Waals surface area (Å²) in [7, 11) is 0. The van der Waals surface area contributed by atoms with Crippen LogP contribution in [0.3, 0.4) is 0 Å². The molecule has 4 amide bonds. The van der Waals surface area contributed by atoms with Crippen LogP contribution in [0.1, 0.15) is 89.7 Å². The number of nitrogens with one attached hydrogen (secondary N) is 4. The molecule has 12 N–H and O–H groups in total. The van der Waals surface area contributed by atoms with E-state index < -0.39 is 71.5 Å². The van der Waals surface area contributed by atoms with Crippen LogP contribution >= 0.6 is 0 Å². The zero-order chi connectivity index (χ0) is 37.2. The number of carboxylic acids is 1. The Morgan fingerprint density at radius 1 is 0.840 bits per heavy atom. The lowest BCUT2D eigenvalue weighted by Gasteiger charge is -2.27. The summed E-state index contributed by atoms with van der Waals surface area (Å²) in [5.41, 5.74) is 17.7. The van der Waals surface area contributed by atoms with Gasteiger partial charge in [0.15, 0.2) is 5.78 Å². The number of benzene rings is 1. The largest absolute Gasteiger partial charge is 0.508 e. The van der Waals surface area contributed by atoms with Gasteiger partial charge in [0.2, 0.25) is 23.6 Å². The van der Waals surface area contributed by atoms with E-state index in [9.17, 15) is 39.0 Å². The minimum atomic E-state index is -1.29. The molecule has 0 saturated carbocycles. The number of hydrogen-bond donors (Lipinski definition) is 9. The van der Waals surface area contributed by atoms with Crippen LogP contribution in [0.4, 0.5) is 0 Å². The Labute approximate surface area is 293 Å². The van der Waals surface area contributed by atoms with Crippen LogP contribution in [-0.2, 0) is 28.8 Å². The van der Waals surface area contributed by atoms with Crippen molar-refractivity contribution in [3.8, 4) is 5.75 Å². The molecule has 1 aromatic carbocycles. The molecule has 0 unspecified atom stereocenters. The Balaban J connectivity index is 2.45. The average molecular weight is 702 g/mol. The van der Waals surface area contributed by atoms with Crippen LogP contribution in [0, 0.1) is 11.8 Å². The number of rotatable bonds is 17. The van der Waals surface area contributed by atoms with Gasteiger partial charge >= 0.3 is 5.97 Å². The van der Waals surface area contributed by atoms with Gasteiger partial charge in [-0.05, 0) is 94.5 Å². The first kappa shape index (κ1) is 41.8. The van der Waals surface area contributed by atoms with Crippen LogP contribution in [0.15, 0.2) is 36.4 Å². The highest BCUT2D eigenvalue weighted by Gasteiger charge is 2.33. The first-order valence-corrected chi connectivity index (χ1v) is 17.3. The Hall–Kier alpha value is -4.34. The number of phenolic OH excluding ortho intramolecular Hbond substituents is 1. The average Bonchev–Trinajstić information content (AvgIpc) is 3.06. The summed E-state index contributed by atoms with van der Waals surface area (Å²) in [6.07, 6.45) is 5.77. The van der Waals surface area contributed by atoms with Crippen LogP contribution in [-0.4, -0.2) is 82.9 Å². The van der Waals surface area contributed by atoms with Crippen molar-refractivity contribution in [1.82, 2.24) is 21.3 Å². The zero-order valence-electron chi connectivity index (χ0n) is 29.1. The second-order valence-electron chi connectivity index (χ2n) is 13.2. The molecule has 6 atom stereocenters. The second kappa shape index (κ2) is 21.7. The second-order valence-corrected chi connectivity index (χ2v) is 13.2. The maximum absolute atomic E-state index is 13.9. The number of nitrogens with two attached hydrogens (primary N) is 3. The number of unbranched alkanes of at least 4 members (excludes halogenated alkanes) is 2. The Morgan fingerprint density at radius 2 is 1.38 bits per heavy atom. The topological polar surface area (TPSA) is 269 Å². The number of phenols is 1. The van der Waals surface area contributed by atoms with Gasteiger partial charge in [-0.3, -0.25) is 28.8 Å². The molecule has 0 saturated heterocycles. The van der Waals surface area contributed by atoms with Crippen molar-refractivity contribution >= 4 is 35.4 Å².